The van der Waals surface area contributed by atoms with Crippen molar-refractivity contribution in [1.82, 2.24) is 4.57 Å². The monoisotopic (exact) mass is 678 g/mol. The van der Waals surface area contributed by atoms with Crippen LogP contribution in [0.2, 0.25) is 0 Å². The summed E-state index contributed by atoms with van der Waals surface area (Å²) in [7, 11) is 0. The van der Waals surface area contributed by atoms with Crippen molar-refractivity contribution in [1.29, 1.82) is 0 Å². The van der Waals surface area contributed by atoms with Gasteiger partial charge in [-0.05, 0) is 75.8 Å². The van der Waals surface area contributed by atoms with Gasteiger partial charge in [0.1, 0.15) is 0 Å². The molecule has 0 saturated carbocycles. The number of para-hydroxylation sites is 3. The molecule has 0 fully saturated rings. The first-order valence-electron chi connectivity index (χ1n) is 18.4. The van der Waals surface area contributed by atoms with Crippen LogP contribution in [0.4, 0.5) is 17.1 Å². The molecule has 0 spiro atoms. The lowest BCUT2D eigenvalue weighted by Crippen LogP contribution is -2.17. The summed E-state index contributed by atoms with van der Waals surface area (Å²) in [5.74, 6) is 0. The van der Waals surface area contributed by atoms with E-state index in [-0.39, 0.29) is 5.41 Å². The molecule has 0 bridgehead atoms. The molecule has 0 atom stereocenters. The van der Waals surface area contributed by atoms with Crippen molar-refractivity contribution in [3.8, 4) is 39.1 Å². The average Bonchev–Trinajstić information content (AvgIpc) is 3.66. The Labute approximate surface area is 310 Å². The zero-order chi connectivity index (χ0) is 35.5. The predicted octanol–water partition coefficient (Wildman–Crippen LogP) is 13.9. The molecule has 9 aromatic rings. The van der Waals surface area contributed by atoms with Gasteiger partial charge in [-0.2, -0.15) is 0 Å². The first kappa shape index (κ1) is 31.1. The van der Waals surface area contributed by atoms with E-state index in [1.165, 1.54) is 66.3 Å². The average molecular weight is 679 g/mol. The lowest BCUT2D eigenvalue weighted by atomic mass is 9.82. The lowest BCUT2D eigenvalue weighted by Gasteiger charge is -2.30. The highest BCUT2D eigenvalue weighted by Crippen LogP contribution is 2.51. The molecule has 10 rings (SSSR count). The molecule has 1 aromatic heterocycles. The van der Waals surface area contributed by atoms with Crippen LogP contribution in [-0.2, 0) is 5.41 Å². The highest BCUT2D eigenvalue weighted by Gasteiger charge is 2.36. The molecule has 0 saturated heterocycles. The topological polar surface area (TPSA) is 8.17 Å². The Morgan fingerprint density at radius 1 is 0.396 bits per heavy atom. The summed E-state index contributed by atoms with van der Waals surface area (Å²) >= 11 is 0. The Morgan fingerprint density at radius 3 is 1.74 bits per heavy atom. The molecular weight excluding hydrogens is 641 g/mol. The predicted molar refractivity (Wildman–Crippen MR) is 224 cm³/mol. The molecule has 2 nitrogen and oxygen atoms in total. The minimum atomic E-state index is -0.121. The molecule has 0 unspecified atom stereocenters. The highest BCUT2D eigenvalue weighted by atomic mass is 15.1. The quantitative estimate of drug-likeness (QED) is 0.170. The summed E-state index contributed by atoms with van der Waals surface area (Å²) in [6.45, 7) is 4.72. The standard InChI is InChI=1S/C51H38N2/c1-51(2)45-25-13-9-23-41(45)42-31-29-37(33-46(42)51)52(47-26-14-10-21-39(47)35-17-5-3-6-18-35)38-30-32-44-43-24-12-16-28-49(43)53(50(44)34-38)48-27-15-11-22-40(48)36-19-7-4-8-20-36/h3-34H,1-2H3. The molecule has 0 N–H and O–H groups in total. The Kier molecular flexibility index (Phi) is 7.19. The minimum absolute atomic E-state index is 0.121. The van der Waals surface area contributed by atoms with Crippen LogP contribution in [0.15, 0.2) is 194 Å². The molecule has 1 heterocycles. The molecule has 53 heavy (non-hydrogen) atoms. The molecule has 0 aliphatic heterocycles. The third kappa shape index (κ3) is 4.94. The summed E-state index contributed by atoms with van der Waals surface area (Å²) in [5.41, 5.74) is 16.9. The molecule has 8 aromatic carbocycles. The van der Waals surface area contributed by atoms with Gasteiger partial charge in [-0.3, -0.25) is 0 Å². The van der Waals surface area contributed by atoms with E-state index in [9.17, 15) is 0 Å². The van der Waals surface area contributed by atoms with Crippen LogP contribution in [0.3, 0.4) is 0 Å². The maximum absolute atomic E-state index is 2.46. The Hall–Kier alpha value is -6.64. The van der Waals surface area contributed by atoms with Crippen molar-refractivity contribution in [2.45, 2.75) is 19.3 Å². The molecular formula is C51H38N2. The maximum atomic E-state index is 2.46. The van der Waals surface area contributed by atoms with E-state index in [1.54, 1.807) is 0 Å². The first-order chi connectivity index (χ1) is 26.1. The third-order valence-electron chi connectivity index (χ3n) is 11.2. The van der Waals surface area contributed by atoms with Gasteiger partial charge in [0.25, 0.3) is 0 Å². The molecule has 2 heteroatoms. The highest BCUT2D eigenvalue weighted by molar-refractivity contribution is 6.11. The van der Waals surface area contributed by atoms with Crippen LogP contribution >= 0.6 is 0 Å². The van der Waals surface area contributed by atoms with E-state index in [4.69, 9.17) is 0 Å². The summed E-state index contributed by atoms with van der Waals surface area (Å²) in [4.78, 5) is 2.46. The zero-order valence-corrected chi connectivity index (χ0v) is 29.9. The molecule has 252 valence electrons. The minimum Gasteiger partial charge on any atom is -0.310 e. The Balaban J connectivity index is 1.25. The third-order valence-corrected chi connectivity index (χ3v) is 11.2. The van der Waals surface area contributed by atoms with Gasteiger partial charge in [0, 0.05) is 38.7 Å². The zero-order valence-electron chi connectivity index (χ0n) is 29.9. The van der Waals surface area contributed by atoms with Crippen LogP contribution in [0, 0.1) is 0 Å². The van der Waals surface area contributed by atoms with Crippen LogP contribution < -0.4 is 4.90 Å². The van der Waals surface area contributed by atoms with Crippen molar-refractivity contribution in [3.63, 3.8) is 0 Å². The Bertz CT molecular complexity index is 2810. The van der Waals surface area contributed by atoms with Crippen molar-refractivity contribution in [2.24, 2.45) is 0 Å². The van der Waals surface area contributed by atoms with Crippen molar-refractivity contribution >= 4 is 38.9 Å². The largest absolute Gasteiger partial charge is 0.310 e. The van der Waals surface area contributed by atoms with Crippen molar-refractivity contribution in [3.05, 3.63) is 205 Å². The molecule has 1 aliphatic rings. The van der Waals surface area contributed by atoms with Gasteiger partial charge < -0.3 is 9.47 Å². The van der Waals surface area contributed by atoms with Crippen LogP contribution in [0.5, 0.6) is 0 Å². The fourth-order valence-electron chi connectivity index (χ4n) is 8.68. The fourth-order valence-corrected chi connectivity index (χ4v) is 8.68. The number of hydrogen-bond acceptors (Lipinski definition) is 1. The number of rotatable bonds is 6. The van der Waals surface area contributed by atoms with Gasteiger partial charge in [-0.15, -0.1) is 0 Å². The first-order valence-corrected chi connectivity index (χ1v) is 18.4. The van der Waals surface area contributed by atoms with E-state index >= 15 is 0 Å². The summed E-state index contributed by atoms with van der Waals surface area (Å²) in [6, 6.07) is 70.9. The molecule has 0 amide bonds. The second-order valence-corrected chi connectivity index (χ2v) is 14.6. The van der Waals surface area contributed by atoms with E-state index in [1.807, 2.05) is 0 Å². The number of nitrogens with zero attached hydrogens (tertiary/aromatic N) is 2. The van der Waals surface area contributed by atoms with E-state index < -0.39 is 0 Å². The number of benzene rings is 8. The summed E-state index contributed by atoms with van der Waals surface area (Å²) < 4.78 is 2.46. The number of aromatic nitrogens is 1. The van der Waals surface area contributed by atoms with Gasteiger partial charge in [0.15, 0.2) is 0 Å². The van der Waals surface area contributed by atoms with Crippen LogP contribution in [0.1, 0.15) is 25.0 Å². The summed E-state index contributed by atoms with van der Waals surface area (Å²) in [5, 5.41) is 2.47. The summed E-state index contributed by atoms with van der Waals surface area (Å²) in [6.07, 6.45) is 0. The Morgan fingerprint density at radius 2 is 0.943 bits per heavy atom. The number of fused-ring (bicyclic) bond motifs is 6. The lowest BCUT2D eigenvalue weighted by molar-refractivity contribution is 0.660. The van der Waals surface area contributed by atoms with Crippen molar-refractivity contribution in [2.75, 3.05) is 4.90 Å². The van der Waals surface area contributed by atoms with Crippen molar-refractivity contribution < 1.29 is 0 Å². The molecule has 0 radical (unpaired) electrons. The second-order valence-electron chi connectivity index (χ2n) is 14.6. The SMILES string of the molecule is CC1(C)c2ccccc2-c2ccc(N(c3ccc4c5ccccc5n(-c5ccccc5-c5ccccc5)c4c3)c3ccccc3-c3ccccc3)cc21. The van der Waals surface area contributed by atoms with Gasteiger partial charge in [-0.25, -0.2) is 0 Å². The van der Waals surface area contributed by atoms with Crippen LogP contribution in [-0.4, -0.2) is 4.57 Å². The van der Waals surface area contributed by atoms with Gasteiger partial charge >= 0.3 is 0 Å². The maximum Gasteiger partial charge on any atom is 0.0562 e. The van der Waals surface area contributed by atoms with Gasteiger partial charge in [-0.1, -0.05) is 166 Å². The van der Waals surface area contributed by atoms with E-state index in [0.717, 1.165) is 22.7 Å². The van der Waals surface area contributed by atoms with E-state index in [2.05, 4.69) is 217 Å². The smallest absolute Gasteiger partial charge is 0.0562 e. The van der Waals surface area contributed by atoms with E-state index in [0.29, 0.717) is 0 Å². The fraction of sp³-hybridized carbons (Fsp3) is 0.0588. The molecule has 1 aliphatic carbocycles. The number of hydrogen-bond donors (Lipinski definition) is 0. The second kappa shape index (κ2) is 12.3. The number of anilines is 3. The van der Waals surface area contributed by atoms with Gasteiger partial charge in [0.05, 0.1) is 22.4 Å². The van der Waals surface area contributed by atoms with Gasteiger partial charge in [0.2, 0.25) is 0 Å². The van der Waals surface area contributed by atoms with Crippen LogP contribution in [0.25, 0.3) is 60.9 Å². The normalized spacial score (nSPS) is 12.9.